The Labute approximate surface area is 109 Å². The fraction of sp³-hybridized carbons (Fsp3) is 0.529. The number of fused-ring (bicyclic) bond motifs is 5. The Morgan fingerprint density at radius 1 is 1.00 bits per heavy atom. The summed E-state index contributed by atoms with van der Waals surface area (Å²) in [6.07, 6.45) is 9.43. The van der Waals surface area contributed by atoms with Crippen molar-refractivity contribution in [3.8, 4) is 5.75 Å². The predicted molar refractivity (Wildman–Crippen MR) is 72.7 cm³/mol. The van der Waals surface area contributed by atoms with Gasteiger partial charge in [-0.3, -0.25) is 0 Å². The average molecular weight is 240 g/mol. The van der Waals surface area contributed by atoms with Crippen molar-refractivity contribution < 1.29 is 4.74 Å². The molecule has 1 aromatic carbocycles. The molecule has 1 heteroatoms. The van der Waals surface area contributed by atoms with Gasteiger partial charge in [-0.1, -0.05) is 24.3 Å². The quantitative estimate of drug-likeness (QED) is 0.710. The van der Waals surface area contributed by atoms with E-state index >= 15 is 0 Å². The summed E-state index contributed by atoms with van der Waals surface area (Å²) >= 11 is 0. The standard InChI is InChI=1S/C17H20O/c1-18-14-6-4-11(5-7-14)15-8-9-16-12-2-3-13(10-12)17(15)16/h4-9,12-13,15-17H,2-3,10H2,1H3/t12-,13+,15-,16?,17?/m0/s1. The summed E-state index contributed by atoms with van der Waals surface area (Å²) < 4.78 is 5.25. The van der Waals surface area contributed by atoms with Crippen molar-refractivity contribution in [3.63, 3.8) is 0 Å². The number of benzene rings is 1. The lowest BCUT2D eigenvalue weighted by Gasteiger charge is -2.29. The molecule has 1 aromatic rings. The van der Waals surface area contributed by atoms with E-state index in [1.165, 1.54) is 24.8 Å². The highest BCUT2D eigenvalue weighted by molar-refractivity contribution is 5.35. The van der Waals surface area contributed by atoms with Gasteiger partial charge in [-0.2, -0.15) is 0 Å². The molecule has 0 aromatic heterocycles. The maximum Gasteiger partial charge on any atom is 0.118 e. The molecule has 2 bridgehead atoms. The molecular formula is C17H20O. The van der Waals surface area contributed by atoms with Crippen LogP contribution < -0.4 is 4.74 Å². The second-order valence-corrected chi connectivity index (χ2v) is 6.17. The molecule has 3 aliphatic rings. The number of allylic oxidation sites excluding steroid dienone is 2. The highest BCUT2D eigenvalue weighted by Crippen LogP contribution is 2.60. The lowest BCUT2D eigenvalue weighted by molar-refractivity contribution is 0.263. The van der Waals surface area contributed by atoms with Crippen LogP contribution in [0.15, 0.2) is 36.4 Å². The summed E-state index contributed by atoms with van der Waals surface area (Å²) in [4.78, 5) is 0. The van der Waals surface area contributed by atoms with Crippen LogP contribution in [0.2, 0.25) is 0 Å². The van der Waals surface area contributed by atoms with E-state index in [-0.39, 0.29) is 0 Å². The van der Waals surface area contributed by atoms with Crippen molar-refractivity contribution in [2.24, 2.45) is 23.7 Å². The minimum Gasteiger partial charge on any atom is -0.497 e. The van der Waals surface area contributed by atoms with E-state index in [1.54, 1.807) is 7.11 Å². The maximum atomic E-state index is 5.25. The van der Waals surface area contributed by atoms with E-state index in [0.29, 0.717) is 5.92 Å². The Morgan fingerprint density at radius 3 is 2.56 bits per heavy atom. The SMILES string of the molecule is COc1ccc([C@@H]2C=CC3C2[C@@H]2CC[C@H]3C2)cc1. The number of hydrogen-bond donors (Lipinski definition) is 0. The molecule has 94 valence electrons. The fourth-order valence-corrected chi connectivity index (χ4v) is 4.73. The van der Waals surface area contributed by atoms with E-state index in [4.69, 9.17) is 4.74 Å². The van der Waals surface area contributed by atoms with Gasteiger partial charge < -0.3 is 4.74 Å². The van der Waals surface area contributed by atoms with Gasteiger partial charge >= 0.3 is 0 Å². The lowest BCUT2D eigenvalue weighted by Crippen LogP contribution is -2.21. The first kappa shape index (κ1) is 10.7. The van der Waals surface area contributed by atoms with Crippen LogP contribution >= 0.6 is 0 Å². The van der Waals surface area contributed by atoms with Crippen molar-refractivity contribution >= 4 is 0 Å². The molecule has 0 radical (unpaired) electrons. The highest BCUT2D eigenvalue weighted by atomic mass is 16.5. The molecule has 0 heterocycles. The second kappa shape index (κ2) is 3.88. The van der Waals surface area contributed by atoms with Crippen molar-refractivity contribution in [2.75, 3.05) is 7.11 Å². The van der Waals surface area contributed by atoms with Crippen LogP contribution in [-0.2, 0) is 0 Å². The first-order valence-corrected chi connectivity index (χ1v) is 7.19. The summed E-state index contributed by atoms with van der Waals surface area (Å²) in [5, 5.41) is 0. The molecule has 0 spiro atoms. The fourth-order valence-electron chi connectivity index (χ4n) is 4.73. The topological polar surface area (TPSA) is 9.23 Å². The van der Waals surface area contributed by atoms with Gasteiger partial charge in [0, 0.05) is 5.92 Å². The predicted octanol–water partition coefficient (Wildman–Crippen LogP) is 4.01. The molecule has 5 atom stereocenters. The summed E-state index contributed by atoms with van der Waals surface area (Å²) in [5.41, 5.74) is 1.48. The Bertz CT molecular complexity index is 473. The van der Waals surface area contributed by atoms with Gasteiger partial charge in [0.1, 0.15) is 5.75 Å². The summed E-state index contributed by atoms with van der Waals surface area (Å²) in [7, 11) is 1.73. The lowest BCUT2D eigenvalue weighted by atomic mass is 9.75. The first-order chi connectivity index (χ1) is 8.86. The van der Waals surface area contributed by atoms with Crippen molar-refractivity contribution in [1.29, 1.82) is 0 Å². The molecule has 0 amide bonds. The maximum absolute atomic E-state index is 5.25. The zero-order chi connectivity index (χ0) is 12.1. The van der Waals surface area contributed by atoms with Crippen LogP contribution in [0.4, 0.5) is 0 Å². The normalized spacial score (nSPS) is 40.2. The molecule has 1 nitrogen and oxygen atoms in total. The van der Waals surface area contributed by atoms with Crippen LogP contribution in [0, 0.1) is 23.7 Å². The highest BCUT2D eigenvalue weighted by Gasteiger charge is 2.51. The Morgan fingerprint density at radius 2 is 1.78 bits per heavy atom. The molecular weight excluding hydrogens is 220 g/mol. The Balaban J connectivity index is 1.63. The number of ether oxygens (including phenoxy) is 1. The van der Waals surface area contributed by atoms with E-state index < -0.39 is 0 Å². The minimum absolute atomic E-state index is 0.663. The zero-order valence-electron chi connectivity index (χ0n) is 10.9. The Hall–Kier alpha value is -1.24. The molecule has 2 fully saturated rings. The molecule has 4 rings (SSSR count). The molecule has 0 saturated heterocycles. The summed E-state index contributed by atoms with van der Waals surface area (Å²) in [6.45, 7) is 0. The van der Waals surface area contributed by atoms with Gasteiger partial charge in [0.25, 0.3) is 0 Å². The second-order valence-electron chi connectivity index (χ2n) is 6.17. The largest absolute Gasteiger partial charge is 0.497 e. The van der Waals surface area contributed by atoms with Crippen LogP contribution in [-0.4, -0.2) is 7.11 Å². The molecule has 18 heavy (non-hydrogen) atoms. The van der Waals surface area contributed by atoms with Crippen molar-refractivity contribution in [3.05, 3.63) is 42.0 Å². The molecule has 0 aliphatic heterocycles. The Kier molecular flexibility index (Phi) is 2.30. The number of hydrogen-bond acceptors (Lipinski definition) is 1. The van der Waals surface area contributed by atoms with E-state index in [0.717, 1.165) is 29.4 Å². The van der Waals surface area contributed by atoms with Crippen LogP contribution in [0.25, 0.3) is 0 Å². The third kappa shape index (κ3) is 1.39. The van der Waals surface area contributed by atoms with E-state index in [9.17, 15) is 0 Å². The van der Waals surface area contributed by atoms with Gasteiger partial charge in [-0.15, -0.1) is 0 Å². The zero-order valence-corrected chi connectivity index (χ0v) is 10.9. The van der Waals surface area contributed by atoms with Crippen molar-refractivity contribution in [2.45, 2.75) is 25.2 Å². The number of rotatable bonds is 2. The smallest absolute Gasteiger partial charge is 0.118 e. The summed E-state index contributed by atoms with van der Waals surface area (Å²) in [5.74, 6) is 5.40. The van der Waals surface area contributed by atoms with Crippen LogP contribution in [0.1, 0.15) is 30.7 Å². The van der Waals surface area contributed by atoms with E-state index in [1.807, 2.05) is 0 Å². The first-order valence-electron chi connectivity index (χ1n) is 7.19. The van der Waals surface area contributed by atoms with Gasteiger partial charge in [-0.05, 0) is 60.6 Å². The number of methoxy groups -OCH3 is 1. The van der Waals surface area contributed by atoms with Crippen LogP contribution in [0.5, 0.6) is 5.75 Å². The molecule has 0 N–H and O–H groups in total. The van der Waals surface area contributed by atoms with Gasteiger partial charge in [0.05, 0.1) is 7.11 Å². The third-order valence-corrected chi connectivity index (χ3v) is 5.50. The summed E-state index contributed by atoms with van der Waals surface area (Å²) in [6, 6.07) is 8.71. The third-order valence-electron chi connectivity index (χ3n) is 5.50. The van der Waals surface area contributed by atoms with Gasteiger partial charge in [0.15, 0.2) is 0 Å². The molecule has 2 saturated carbocycles. The van der Waals surface area contributed by atoms with Gasteiger partial charge in [-0.25, -0.2) is 0 Å². The molecule has 3 aliphatic carbocycles. The van der Waals surface area contributed by atoms with Gasteiger partial charge in [0.2, 0.25) is 0 Å². The molecule has 2 unspecified atom stereocenters. The van der Waals surface area contributed by atoms with E-state index in [2.05, 4.69) is 36.4 Å². The van der Waals surface area contributed by atoms with Crippen molar-refractivity contribution in [1.82, 2.24) is 0 Å². The average Bonchev–Trinajstić information content (AvgIpc) is 3.11. The van der Waals surface area contributed by atoms with Crippen LogP contribution in [0.3, 0.4) is 0 Å². The monoisotopic (exact) mass is 240 g/mol. The minimum atomic E-state index is 0.663.